The van der Waals surface area contributed by atoms with Crippen molar-refractivity contribution in [1.82, 2.24) is 9.21 Å². The molecule has 1 saturated heterocycles. The van der Waals surface area contributed by atoms with Crippen molar-refractivity contribution >= 4 is 27.8 Å². The van der Waals surface area contributed by atoms with E-state index in [-0.39, 0.29) is 29.7 Å². The molecule has 0 aromatic heterocycles. The monoisotopic (exact) mass is 398 g/mol. The first-order valence-electron chi connectivity index (χ1n) is 8.75. The van der Waals surface area contributed by atoms with Crippen molar-refractivity contribution < 1.29 is 13.2 Å². The number of amides is 1. The third-order valence-corrected chi connectivity index (χ3v) is 6.53. The van der Waals surface area contributed by atoms with Gasteiger partial charge in [0.15, 0.2) is 0 Å². The molecule has 28 heavy (non-hydrogen) atoms. The van der Waals surface area contributed by atoms with E-state index in [9.17, 15) is 13.2 Å². The zero-order chi connectivity index (χ0) is 20.3. The van der Waals surface area contributed by atoms with Gasteiger partial charge in [-0.15, -0.1) is 0 Å². The third-order valence-electron chi connectivity index (χ3n) is 4.68. The maximum atomic E-state index is 12.8. The predicted molar refractivity (Wildman–Crippen MR) is 108 cm³/mol. The summed E-state index contributed by atoms with van der Waals surface area (Å²) in [5, 5.41) is 7.41. The van der Waals surface area contributed by atoms with Crippen molar-refractivity contribution in [3.05, 3.63) is 71.8 Å². The summed E-state index contributed by atoms with van der Waals surface area (Å²) in [6.45, 7) is 4.41. The minimum absolute atomic E-state index is 0.0115. The lowest BCUT2D eigenvalue weighted by Gasteiger charge is -2.33. The number of piperazine rings is 1. The molecule has 3 rings (SSSR count). The summed E-state index contributed by atoms with van der Waals surface area (Å²) in [5.74, 6) is -0.254. The predicted octanol–water partition coefficient (Wildman–Crippen LogP) is 1.65. The molecular weight excluding hydrogens is 376 g/mol. The summed E-state index contributed by atoms with van der Waals surface area (Å²) in [4.78, 5) is 14.3. The van der Waals surface area contributed by atoms with Gasteiger partial charge in [-0.05, 0) is 23.3 Å². The summed E-state index contributed by atoms with van der Waals surface area (Å²) in [5.41, 5.74) is 7.79. The van der Waals surface area contributed by atoms with E-state index in [0.29, 0.717) is 18.7 Å². The van der Waals surface area contributed by atoms with E-state index in [1.807, 2.05) is 12.1 Å². The molecule has 0 bridgehead atoms. The second kappa shape index (κ2) is 7.95. The fourth-order valence-electron chi connectivity index (χ4n) is 2.99. The first-order valence-corrected chi connectivity index (χ1v) is 10.2. The van der Waals surface area contributed by atoms with Crippen LogP contribution in [0.4, 0.5) is 0 Å². The second-order valence-corrected chi connectivity index (χ2v) is 8.48. The largest absolute Gasteiger partial charge is 0.384 e. The summed E-state index contributed by atoms with van der Waals surface area (Å²) >= 11 is 0. The van der Waals surface area contributed by atoms with Gasteiger partial charge < -0.3 is 10.6 Å². The van der Waals surface area contributed by atoms with Crippen LogP contribution in [0, 0.1) is 5.41 Å². The Hall–Kier alpha value is -2.97. The Kier molecular flexibility index (Phi) is 5.62. The van der Waals surface area contributed by atoms with E-state index in [1.54, 1.807) is 35.2 Å². The van der Waals surface area contributed by atoms with Crippen LogP contribution >= 0.6 is 0 Å². The molecule has 1 aliphatic rings. The molecule has 1 heterocycles. The Morgan fingerprint density at radius 3 is 2.29 bits per heavy atom. The van der Waals surface area contributed by atoms with Gasteiger partial charge >= 0.3 is 0 Å². The SMILES string of the molecule is C=Cc1ccc(S(=O)(=O)N2CCN(Cc3ccc(C(=N)N)cc3)C(=O)C2)cc1. The molecule has 3 N–H and O–H groups in total. The zero-order valence-electron chi connectivity index (χ0n) is 15.3. The van der Waals surface area contributed by atoms with Gasteiger partial charge in [-0.1, -0.05) is 49.1 Å². The van der Waals surface area contributed by atoms with Crippen molar-refractivity contribution in [3.63, 3.8) is 0 Å². The van der Waals surface area contributed by atoms with Gasteiger partial charge in [-0.2, -0.15) is 4.31 Å². The maximum Gasteiger partial charge on any atom is 0.243 e. The summed E-state index contributed by atoms with van der Waals surface area (Å²) in [6, 6.07) is 13.5. The fraction of sp³-hybridized carbons (Fsp3) is 0.200. The Morgan fingerprint density at radius 1 is 1.11 bits per heavy atom. The molecule has 2 aromatic rings. The molecule has 1 amide bonds. The third kappa shape index (κ3) is 4.13. The van der Waals surface area contributed by atoms with E-state index >= 15 is 0 Å². The number of nitrogens with two attached hydrogens (primary N) is 1. The van der Waals surface area contributed by atoms with Gasteiger partial charge in [0.1, 0.15) is 5.84 Å². The number of rotatable bonds is 6. The average Bonchev–Trinajstić information content (AvgIpc) is 2.70. The van der Waals surface area contributed by atoms with E-state index in [4.69, 9.17) is 11.1 Å². The highest BCUT2D eigenvalue weighted by Crippen LogP contribution is 2.20. The number of hydrogen-bond acceptors (Lipinski definition) is 4. The highest BCUT2D eigenvalue weighted by atomic mass is 32.2. The molecule has 0 saturated carbocycles. The molecule has 0 aliphatic carbocycles. The smallest absolute Gasteiger partial charge is 0.243 e. The van der Waals surface area contributed by atoms with Gasteiger partial charge in [0.05, 0.1) is 11.4 Å². The lowest BCUT2D eigenvalue weighted by Crippen LogP contribution is -2.51. The molecule has 1 aliphatic heterocycles. The van der Waals surface area contributed by atoms with Crippen LogP contribution in [0.3, 0.4) is 0 Å². The standard InChI is InChI=1S/C20H22N4O3S/c1-2-15-5-9-18(10-6-15)28(26,27)24-12-11-23(19(25)14-24)13-16-3-7-17(8-4-16)20(21)22/h2-10H,1,11-14H2,(H3,21,22). The number of benzene rings is 2. The van der Waals surface area contributed by atoms with Gasteiger partial charge in [-0.25, -0.2) is 8.42 Å². The molecule has 0 atom stereocenters. The van der Waals surface area contributed by atoms with Crippen LogP contribution in [-0.2, 0) is 21.4 Å². The van der Waals surface area contributed by atoms with Crippen LogP contribution in [-0.4, -0.2) is 49.0 Å². The van der Waals surface area contributed by atoms with Crippen LogP contribution in [0.1, 0.15) is 16.7 Å². The van der Waals surface area contributed by atoms with Gasteiger partial charge in [0.2, 0.25) is 15.9 Å². The van der Waals surface area contributed by atoms with E-state index in [0.717, 1.165) is 11.1 Å². The number of hydrogen-bond donors (Lipinski definition) is 2. The van der Waals surface area contributed by atoms with E-state index < -0.39 is 10.0 Å². The number of nitrogens with zero attached hydrogens (tertiary/aromatic N) is 2. The first-order chi connectivity index (χ1) is 13.3. The number of carbonyl (C=O) groups is 1. The molecular formula is C20H22N4O3S. The number of amidine groups is 1. The van der Waals surface area contributed by atoms with Crippen LogP contribution in [0.2, 0.25) is 0 Å². The van der Waals surface area contributed by atoms with Crippen molar-refractivity contribution in [3.8, 4) is 0 Å². The number of carbonyl (C=O) groups excluding carboxylic acids is 1. The Morgan fingerprint density at radius 2 is 1.75 bits per heavy atom. The fourth-order valence-corrected chi connectivity index (χ4v) is 4.37. The number of sulfonamides is 1. The highest BCUT2D eigenvalue weighted by Gasteiger charge is 2.32. The summed E-state index contributed by atoms with van der Waals surface area (Å²) in [7, 11) is -3.72. The number of nitrogens with one attached hydrogen (secondary N) is 1. The molecule has 0 unspecified atom stereocenters. The lowest BCUT2D eigenvalue weighted by atomic mass is 10.1. The molecule has 8 heteroatoms. The van der Waals surface area contributed by atoms with Crippen molar-refractivity contribution in [2.24, 2.45) is 5.73 Å². The van der Waals surface area contributed by atoms with Gasteiger partial charge in [0.25, 0.3) is 0 Å². The van der Waals surface area contributed by atoms with Crippen LogP contribution in [0.25, 0.3) is 6.08 Å². The van der Waals surface area contributed by atoms with Crippen molar-refractivity contribution in [2.45, 2.75) is 11.4 Å². The van der Waals surface area contributed by atoms with Crippen molar-refractivity contribution in [1.29, 1.82) is 5.41 Å². The lowest BCUT2D eigenvalue weighted by molar-refractivity contribution is -0.134. The molecule has 7 nitrogen and oxygen atoms in total. The molecule has 1 fully saturated rings. The van der Waals surface area contributed by atoms with E-state index in [2.05, 4.69) is 6.58 Å². The second-order valence-electron chi connectivity index (χ2n) is 6.54. The Balaban J connectivity index is 1.67. The topological polar surface area (TPSA) is 108 Å². The summed E-state index contributed by atoms with van der Waals surface area (Å²) < 4.78 is 26.8. The van der Waals surface area contributed by atoms with Crippen LogP contribution in [0.15, 0.2) is 60.0 Å². The Labute approximate surface area is 164 Å². The molecule has 146 valence electrons. The normalized spacial score (nSPS) is 15.4. The maximum absolute atomic E-state index is 12.8. The Bertz CT molecular complexity index is 999. The highest BCUT2D eigenvalue weighted by molar-refractivity contribution is 7.89. The van der Waals surface area contributed by atoms with Crippen LogP contribution < -0.4 is 5.73 Å². The van der Waals surface area contributed by atoms with Crippen LogP contribution in [0.5, 0.6) is 0 Å². The number of nitrogen functional groups attached to an aromatic ring is 1. The molecule has 0 spiro atoms. The van der Waals surface area contributed by atoms with Crippen molar-refractivity contribution in [2.75, 3.05) is 19.6 Å². The van der Waals surface area contributed by atoms with Gasteiger partial charge in [-0.3, -0.25) is 10.2 Å². The minimum Gasteiger partial charge on any atom is -0.384 e. The summed E-state index contributed by atoms with van der Waals surface area (Å²) in [6.07, 6.45) is 1.64. The molecule has 0 radical (unpaired) electrons. The minimum atomic E-state index is -3.72. The van der Waals surface area contributed by atoms with Gasteiger partial charge in [0, 0.05) is 25.2 Å². The quantitative estimate of drug-likeness (QED) is 0.570. The zero-order valence-corrected chi connectivity index (χ0v) is 16.2. The molecule has 2 aromatic carbocycles. The first kappa shape index (κ1) is 19.8. The van der Waals surface area contributed by atoms with E-state index in [1.165, 1.54) is 16.4 Å². The average molecular weight is 398 g/mol.